The molecule has 1 atom stereocenters. The maximum atomic E-state index is 12.9. The molecule has 0 radical (unpaired) electrons. The second-order valence-corrected chi connectivity index (χ2v) is 23.8. The van der Waals surface area contributed by atoms with Crippen molar-refractivity contribution in [2.75, 3.05) is 13.2 Å². The van der Waals surface area contributed by atoms with Crippen LogP contribution in [0.15, 0.2) is 48.6 Å². The van der Waals surface area contributed by atoms with Gasteiger partial charge in [0, 0.05) is 19.3 Å². The molecule has 0 saturated heterocycles. The lowest BCUT2D eigenvalue weighted by molar-refractivity contribution is -0.167. The number of carbonyl (C=O) groups excluding carboxylic acids is 3. The van der Waals surface area contributed by atoms with Gasteiger partial charge in [-0.15, -0.1) is 0 Å². The summed E-state index contributed by atoms with van der Waals surface area (Å²) >= 11 is 0. The Morgan fingerprint density at radius 3 is 0.772 bits per heavy atom. The number of hydrogen-bond acceptors (Lipinski definition) is 6. The fraction of sp³-hybridized carbons (Fsp3) is 0.849. The molecule has 1 unspecified atom stereocenters. The van der Waals surface area contributed by atoms with Crippen molar-refractivity contribution in [3.05, 3.63) is 48.6 Å². The van der Waals surface area contributed by atoms with Gasteiger partial charge in [0.05, 0.1) is 0 Å². The number of unbranched alkanes of at least 4 members (excludes halogenated alkanes) is 46. The molecule has 0 fully saturated rings. The van der Waals surface area contributed by atoms with E-state index in [1.54, 1.807) is 0 Å². The molecule has 0 aliphatic rings. The lowest BCUT2D eigenvalue weighted by Gasteiger charge is -2.18. The van der Waals surface area contributed by atoms with E-state index in [4.69, 9.17) is 14.2 Å². The van der Waals surface area contributed by atoms with Gasteiger partial charge in [-0.3, -0.25) is 14.4 Å². The first-order valence-corrected chi connectivity index (χ1v) is 35.1. The third kappa shape index (κ3) is 66.1. The topological polar surface area (TPSA) is 78.9 Å². The highest BCUT2D eigenvalue weighted by molar-refractivity contribution is 5.71. The monoisotopic (exact) mass is 1110 g/mol. The van der Waals surface area contributed by atoms with Crippen LogP contribution in [-0.4, -0.2) is 37.2 Å². The molecule has 0 spiro atoms. The van der Waals surface area contributed by atoms with Gasteiger partial charge in [-0.05, 0) is 57.8 Å². The van der Waals surface area contributed by atoms with Crippen LogP contribution in [0, 0.1) is 0 Å². The molecule has 462 valence electrons. The highest BCUT2D eigenvalue weighted by Gasteiger charge is 2.19. The van der Waals surface area contributed by atoms with Crippen molar-refractivity contribution in [3.8, 4) is 0 Å². The highest BCUT2D eigenvalue weighted by atomic mass is 16.6. The number of hydrogen-bond donors (Lipinski definition) is 0. The van der Waals surface area contributed by atoms with Crippen LogP contribution in [0.25, 0.3) is 0 Å². The SMILES string of the molecule is CC/C=C\C/C=C\C/C=C\C/C=C\CCCCCCCCCCCCCCCCCCCCCCC(=O)OCC(COC(=O)CCCCCCCCC)OC(=O)CCCCCCCCCCCCCCCCCCCCCCC. The minimum Gasteiger partial charge on any atom is -0.462 e. The van der Waals surface area contributed by atoms with Crippen LogP contribution < -0.4 is 0 Å². The van der Waals surface area contributed by atoms with E-state index >= 15 is 0 Å². The van der Waals surface area contributed by atoms with Crippen molar-refractivity contribution in [1.82, 2.24) is 0 Å². The van der Waals surface area contributed by atoms with Gasteiger partial charge in [0.25, 0.3) is 0 Å². The summed E-state index contributed by atoms with van der Waals surface area (Å²) in [6.45, 7) is 6.55. The Kier molecular flexibility index (Phi) is 65.6. The van der Waals surface area contributed by atoms with Crippen molar-refractivity contribution in [2.45, 2.75) is 386 Å². The molecule has 0 amide bonds. The van der Waals surface area contributed by atoms with Crippen LogP contribution in [0.1, 0.15) is 380 Å². The van der Waals surface area contributed by atoms with Gasteiger partial charge < -0.3 is 14.2 Å². The molecule has 0 rings (SSSR count). The fourth-order valence-electron chi connectivity index (χ4n) is 10.6. The van der Waals surface area contributed by atoms with Crippen molar-refractivity contribution in [1.29, 1.82) is 0 Å². The fourth-order valence-corrected chi connectivity index (χ4v) is 10.6. The Hall–Kier alpha value is -2.63. The number of allylic oxidation sites excluding steroid dienone is 8. The summed E-state index contributed by atoms with van der Waals surface area (Å²) in [5.41, 5.74) is 0. The summed E-state index contributed by atoms with van der Waals surface area (Å²) < 4.78 is 16.9. The highest BCUT2D eigenvalue weighted by Crippen LogP contribution is 2.19. The molecule has 79 heavy (non-hydrogen) atoms. The van der Waals surface area contributed by atoms with Gasteiger partial charge in [0.15, 0.2) is 6.10 Å². The van der Waals surface area contributed by atoms with Crippen LogP contribution >= 0.6 is 0 Å². The van der Waals surface area contributed by atoms with E-state index in [1.807, 2.05) is 0 Å². The Morgan fingerprint density at radius 1 is 0.266 bits per heavy atom. The molecule has 0 bridgehead atoms. The van der Waals surface area contributed by atoms with Gasteiger partial charge in [0.2, 0.25) is 0 Å². The van der Waals surface area contributed by atoms with Crippen LogP contribution in [0.3, 0.4) is 0 Å². The quantitative estimate of drug-likeness (QED) is 0.0261. The Morgan fingerprint density at radius 2 is 0.494 bits per heavy atom. The zero-order chi connectivity index (χ0) is 57.1. The predicted molar refractivity (Wildman–Crippen MR) is 344 cm³/mol. The van der Waals surface area contributed by atoms with Gasteiger partial charge in [-0.2, -0.15) is 0 Å². The number of carbonyl (C=O) groups is 3. The van der Waals surface area contributed by atoms with Crippen LogP contribution in [0.2, 0.25) is 0 Å². The molecule has 0 aromatic carbocycles. The molecule has 0 heterocycles. The van der Waals surface area contributed by atoms with E-state index in [1.165, 1.54) is 257 Å². The summed E-state index contributed by atoms with van der Waals surface area (Å²) in [7, 11) is 0. The Balaban J connectivity index is 3.97. The summed E-state index contributed by atoms with van der Waals surface area (Å²) in [5, 5.41) is 0. The zero-order valence-electron chi connectivity index (χ0n) is 53.2. The smallest absolute Gasteiger partial charge is 0.306 e. The average Bonchev–Trinajstić information content (AvgIpc) is 3.45. The first kappa shape index (κ1) is 76.4. The number of esters is 3. The molecule has 0 aromatic heterocycles. The molecule has 0 aliphatic carbocycles. The van der Waals surface area contributed by atoms with E-state index in [0.29, 0.717) is 19.3 Å². The third-order valence-corrected chi connectivity index (χ3v) is 15.8. The Bertz CT molecular complexity index is 1360. The summed E-state index contributed by atoms with van der Waals surface area (Å²) in [6, 6.07) is 0. The Labute approximate surface area is 492 Å². The third-order valence-electron chi connectivity index (χ3n) is 15.8. The second kappa shape index (κ2) is 67.9. The minimum atomic E-state index is -0.766. The van der Waals surface area contributed by atoms with Crippen molar-refractivity contribution < 1.29 is 28.6 Å². The van der Waals surface area contributed by atoms with Gasteiger partial charge in [-0.1, -0.05) is 352 Å². The minimum absolute atomic E-state index is 0.0656. The average molecular weight is 1110 g/mol. The molecule has 0 saturated carbocycles. The van der Waals surface area contributed by atoms with Gasteiger partial charge >= 0.3 is 17.9 Å². The lowest BCUT2D eigenvalue weighted by Crippen LogP contribution is -2.30. The maximum Gasteiger partial charge on any atom is 0.306 e. The van der Waals surface area contributed by atoms with Crippen molar-refractivity contribution in [3.63, 3.8) is 0 Å². The first-order valence-electron chi connectivity index (χ1n) is 35.1. The van der Waals surface area contributed by atoms with E-state index in [9.17, 15) is 14.4 Å². The van der Waals surface area contributed by atoms with Crippen molar-refractivity contribution in [2.24, 2.45) is 0 Å². The molecular weight excluding hydrogens is 973 g/mol. The molecule has 0 aromatic rings. The maximum absolute atomic E-state index is 12.9. The van der Waals surface area contributed by atoms with Crippen LogP contribution in [-0.2, 0) is 28.6 Å². The van der Waals surface area contributed by atoms with E-state index in [2.05, 4.69) is 69.4 Å². The van der Waals surface area contributed by atoms with Gasteiger partial charge in [0.1, 0.15) is 13.2 Å². The van der Waals surface area contributed by atoms with E-state index in [-0.39, 0.29) is 31.1 Å². The summed E-state index contributed by atoms with van der Waals surface area (Å²) in [6.07, 6.45) is 86.1. The summed E-state index contributed by atoms with van der Waals surface area (Å²) in [5.74, 6) is -0.845. The first-order chi connectivity index (χ1) is 39.0. The largest absolute Gasteiger partial charge is 0.462 e. The van der Waals surface area contributed by atoms with Gasteiger partial charge in [-0.25, -0.2) is 0 Å². The van der Waals surface area contributed by atoms with Crippen LogP contribution in [0.5, 0.6) is 0 Å². The molecular formula is C73H134O6. The normalized spacial score (nSPS) is 12.3. The summed E-state index contributed by atoms with van der Waals surface area (Å²) in [4.78, 5) is 38.2. The molecule has 6 nitrogen and oxygen atoms in total. The molecule has 6 heteroatoms. The van der Waals surface area contributed by atoms with E-state index < -0.39 is 6.10 Å². The lowest BCUT2D eigenvalue weighted by atomic mass is 10.0. The predicted octanol–water partition coefficient (Wildman–Crippen LogP) is 24.1. The molecule has 0 aliphatic heterocycles. The van der Waals surface area contributed by atoms with Crippen molar-refractivity contribution >= 4 is 17.9 Å². The standard InChI is InChI=1S/C73H134O6/c1-4-7-10-13-16-18-20-22-24-26-28-30-31-32-33-34-35-36-37-38-39-40-41-43-44-46-48-50-52-54-57-60-63-66-72(75)78-69-70(68-77-71(74)65-62-59-56-15-12-9-6-3)79-73(76)67-64-61-58-55-53-51-49-47-45-42-29-27-25-23-21-19-17-14-11-8-5-2/h7,10,16,18,22,24,28,30,70H,4-6,8-9,11-15,17,19-21,23,25-27,29,31-69H2,1-3H3/b10-7-,18-16-,24-22-,30-28-. The molecule has 0 N–H and O–H groups in total. The van der Waals surface area contributed by atoms with Crippen LogP contribution in [0.4, 0.5) is 0 Å². The number of rotatable bonds is 65. The second-order valence-electron chi connectivity index (χ2n) is 23.8. The number of ether oxygens (including phenoxy) is 3. The van der Waals surface area contributed by atoms with E-state index in [0.717, 1.165) is 83.5 Å². The zero-order valence-corrected chi connectivity index (χ0v) is 53.2.